The Balaban J connectivity index is 1.64. The van der Waals surface area contributed by atoms with Crippen LogP contribution < -0.4 is 5.32 Å². The number of amides is 1. The predicted octanol–water partition coefficient (Wildman–Crippen LogP) is 3.73. The summed E-state index contributed by atoms with van der Waals surface area (Å²) >= 11 is 0. The number of carbonyl (C=O) groups is 1. The van der Waals surface area contributed by atoms with Crippen LogP contribution >= 0.6 is 0 Å². The third-order valence-electron chi connectivity index (χ3n) is 5.49. The summed E-state index contributed by atoms with van der Waals surface area (Å²) in [4.78, 5) is 12.9. The van der Waals surface area contributed by atoms with Crippen LogP contribution in [-0.4, -0.2) is 32.4 Å². The Morgan fingerprint density at radius 1 is 1.07 bits per heavy atom. The minimum atomic E-state index is -4.57. The number of hydrogen-bond donors (Lipinski definition) is 4. The zero-order valence-electron chi connectivity index (χ0n) is 15.7. The van der Waals surface area contributed by atoms with Crippen molar-refractivity contribution in [1.82, 2.24) is 4.57 Å². The number of nitrogens with one attached hydrogen (secondary N) is 1. The molecular weight excluding hydrogens is 401 g/mol. The molecule has 0 bridgehead atoms. The van der Waals surface area contributed by atoms with E-state index in [4.69, 9.17) is 5.11 Å². The van der Waals surface area contributed by atoms with Gasteiger partial charge in [0.15, 0.2) is 11.5 Å². The molecule has 30 heavy (non-hydrogen) atoms. The van der Waals surface area contributed by atoms with E-state index in [1.165, 1.54) is 30.3 Å². The highest BCUT2D eigenvalue weighted by atomic mass is 19.4. The SMILES string of the molecule is O=C(Nc1ccc2c(c1)cc(C(F)(F)F)n2CCO)C1(c2ccc(O)c(O)c2)CC1. The summed E-state index contributed by atoms with van der Waals surface area (Å²) in [5.74, 6) is -0.941. The van der Waals surface area contributed by atoms with Crippen LogP contribution in [0, 0.1) is 0 Å². The number of hydrogen-bond acceptors (Lipinski definition) is 4. The van der Waals surface area contributed by atoms with E-state index in [2.05, 4.69) is 5.32 Å². The Hall–Kier alpha value is -3.20. The molecule has 1 aromatic heterocycles. The van der Waals surface area contributed by atoms with Crippen LogP contribution in [0.2, 0.25) is 0 Å². The first-order valence-electron chi connectivity index (χ1n) is 9.31. The molecule has 4 rings (SSSR count). The lowest BCUT2D eigenvalue weighted by molar-refractivity contribution is -0.143. The highest BCUT2D eigenvalue weighted by Crippen LogP contribution is 2.50. The molecule has 0 atom stereocenters. The van der Waals surface area contributed by atoms with E-state index in [9.17, 15) is 28.2 Å². The van der Waals surface area contributed by atoms with Crippen molar-refractivity contribution in [3.8, 4) is 11.5 Å². The molecule has 158 valence electrons. The van der Waals surface area contributed by atoms with Gasteiger partial charge in [0.2, 0.25) is 5.91 Å². The van der Waals surface area contributed by atoms with Crippen molar-refractivity contribution < 1.29 is 33.3 Å². The minimum Gasteiger partial charge on any atom is -0.504 e. The third-order valence-corrected chi connectivity index (χ3v) is 5.49. The molecule has 1 heterocycles. The summed E-state index contributed by atoms with van der Waals surface area (Å²) in [6.07, 6.45) is -3.47. The molecule has 1 aliphatic rings. The van der Waals surface area contributed by atoms with E-state index in [0.717, 1.165) is 10.6 Å². The first kappa shape index (κ1) is 20.1. The largest absolute Gasteiger partial charge is 0.504 e. The fourth-order valence-electron chi connectivity index (χ4n) is 3.77. The second kappa shape index (κ2) is 6.94. The van der Waals surface area contributed by atoms with E-state index in [1.54, 1.807) is 6.07 Å². The van der Waals surface area contributed by atoms with Gasteiger partial charge in [-0.1, -0.05) is 6.07 Å². The Labute approximate surface area is 169 Å². The van der Waals surface area contributed by atoms with Gasteiger partial charge >= 0.3 is 6.18 Å². The van der Waals surface area contributed by atoms with Crippen LogP contribution in [0.15, 0.2) is 42.5 Å². The van der Waals surface area contributed by atoms with E-state index < -0.39 is 23.9 Å². The summed E-state index contributed by atoms with van der Waals surface area (Å²) in [7, 11) is 0. The van der Waals surface area contributed by atoms with Crippen molar-refractivity contribution >= 4 is 22.5 Å². The van der Waals surface area contributed by atoms with Gasteiger partial charge in [-0.05, 0) is 54.8 Å². The van der Waals surface area contributed by atoms with Crippen LogP contribution in [-0.2, 0) is 22.9 Å². The van der Waals surface area contributed by atoms with E-state index in [0.29, 0.717) is 35.0 Å². The highest BCUT2D eigenvalue weighted by molar-refractivity contribution is 6.02. The molecular formula is C21H19F3N2O4. The fourth-order valence-corrected chi connectivity index (χ4v) is 3.77. The second-order valence-corrected chi connectivity index (χ2v) is 7.42. The summed E-state index contributed by atoms with van der Waals surface area (Å²) in [6, 6.07) is 9.66. The molecule has 0 radical (unpaired) electrons. The number of alkyl halides is 3. The summed E-state index contributed by atoms with van der Waals surface area (Å²) in [5, 5.41) is 31.4. The molecule has 0 unspecified atom stereocenters. The zero-order chi connectivity index (χ0) is 21.7. The number of aliphatic hydroxyl groups is 1. The maximum absolute atomic E-state index is 13.3. The number of nitrogens with zero attached hydrogens (tertiary/aromatic N) is 1. The third kappa shape index (κ3) is 3.35. The number of phenols is 2. The van der Waals surface area contributed by atoms with Gasteiger partial charge in [0.25, 0.3) is 0 Å². The maximum atomic E-state index is 13.3. The Bertz CT molecular complexity index is 1130. The van der Waals surface area contributed by atoms with Crippen molar-refractivity contribution in [2.75, 3.05) is 11.9 Å². The van der Waals surface area contributed by atoms with Gasteiger partial charge in [-0.25, -0.2) is 0 Å². The summed E-state index contributed by atoms with van der Waals surface area (Å²) in [6.45, 7) is -0.634. The first-order chi connectivity index (χ1) is 14.2. The first-order valence-corrected chi connectivity index (χ1v) is 9.31. The van der Waals surface area contributed by atoms with Crippen molar-refractivity contribution in [2.24, 2.45) is 0 Å². The Morgan fingerprint density at radius 3 is 2.40 bits per heavy atom. The number of anilines is 1. The normalized spacial score (nSPS) is 15.3. The summed E-state index contributed by atoms with van der Waals surface area (Å²) in [5.41, 5.74) is -0.506. The average Bonchev–Trinajstić information content (AvgIpc) is 3.41. The van der Waals surface area contributed by atoms with Gasteiger partial charge in [-0.15, -0.1) is 0 Å². The highest BCUT2D eigenvalue weighted by Gasteiger charge is 2.51. The monoisotopic (exact) mass is 420 g/mol. The number of fused-ring (bicyclic) bond motifs is 1. The van der Waals surface area contributed by atoms with Crippen molar-refractivity contribution in [3.63, 3.8) is 0 Å². The van der Waals surface area contributed by atoms with E-state index in [1.807, 2.05) is 0 Å². The topological polar surface area (TPSA) is 94.7 Å². The second-order valence-electron chi connectivity index (χ2n) is 7.42. The fraction of sp³-hybridized carbons (Fsp3) is 0.286. The van der Waals surface area contributed by atoms with Gasteiger partial charge in [-0.3, -0.25) is 4.79 Å². The molecule has 1 amide bonds. The minimum absolute atomic E-state index is 0.197. The van der Waals surface area contributed by atoms with Crippen LogP contribution in [0.1, 0.15) is 24.1 Å². The molecule has 1 fully saturated rings. The number of phenolic OH excluding ortho intramolecular Hbond substituents is 2. The summed E-state index contributed by atoms with van der Waals surface area (Å²) < 4.78 is 41.0. The van der Waals surface area contributed by atoms with Crippen molar-refractivity contribution in [1.29, 1.82) is 0 Å². The van der Waals surface area contributed by atoms with Gasteiger partial charge in [0, 0.05) is 23.1 Å². The Kier molecular flexibility index (Phi) is 4.65. The molecule has 3 aromatic rings. The van der Waals surface area contributed by atoms with E-state index >= 15 is 0 Å². The lowest BCUT2D eigenvalue weighted by atomic mass is 9.94. The number of benzene rings is 2. The molecule has 1 aliphatic carbocycles. The number of aromatic nitrogens is 1. The van der Waals surface area contributed by atoms with E-state index in [-0.39, 0.29) is 24.0 Å². The maximum Gasteiger partial charge on any atom is 0.431 e. The van der Waals surface area contributed by atoms with Gasteiger partial charge in [0.05, 0.1) is 12.0 Å². The molecule has 6 nitrogen and oxygen atoms in total. The molecule has 0 saturated heterocycles. The number of carbonyl (C=O) groups excluding carboxylic acids is 1. The average molecular weight is 420 g/mol. The predicted molar refractivity (Wildman–Crippen MR) is 103 cm³/mol. The molecule has 4 N–H and O–H groups in total. The number of aromatic hydroxyl groups is 2. The van der Waals surface area contributed by atoms with Crippen LogP contribution in [0.3, 0.4) is 0 Å². The molecule has 9 heteroatoms. The van der Waals surface area contributed by atoms with Crippen molar-refractivity contribution in [3.05, 3.63) is 53.7 Å². The smallest absolute Gasteiger partial charge is 0.431 e. The molecule has 2 aromatic carbocycles. The quantitative estimate of drug-likeness (QED) is 0.473. The van der Waals surface area contributed by atoms with Crippen molar-refractivity contribution in [2.45, 2.75) is 31.0 Å². The lowest BCUT2D eigenvalue weighted by Gasteiger charge is -2.16. The number of rotatable bonds is 5. The molecule has 0 spiro atoms. The Morgan fingerprint density at radius 2 is 1.80 bits per heavy atom. The number of halogens is 3. The van der Waals surface area contributed by atoms with Gasteiger partial charge in [0.1, 0.15) is 5.69 Å². The van der Waals surface area contributed by atoms with Crippen LogP contribution in [0.5, 0.6) is 11.5 Å². The molecule has 1 saturated carbocycles. The van der Waals surface area contributed by atoms with Crippen LogP contribution in [0.25, 0.3) is 10.9 Å². The standard InChI is InChI=1S/C21H19F3N2O4/c22-21(23,24)18-10-12-9-14(2-3-15(12)26(18)7-8-27)25-19(30)20(5-6-20)13-1-4-16(28)17(29)11-13/h1-4,9-11,27-29H,5-8H2,(H,25,30). The molecule has 0 aliphatic heterocycles. The zero-order valence-corrected chi connectivity index (χ0v) is 15.7. The van der Waals surface area contributed by atoms with Gasteiger partial charge in [-0.2, -0.15) is 13.2 Å². The number of aliphatic hydroxyl groups excluding tert-OH is 1. The van der Waals surface area contributed by atoms with Crippen LogP contribution in [0.4, 0.5) is 18.9 Å². The van der Waals surface area contributed by atoms with Gasteiger partial charge < -0.3 is 25.2 Å². The lowest BCUT2D eigenvalue weighted by Crippen LogP contribution is -2.27.